The maximum absolute atomic E-state index is 12.7. The Bertz CT molecular complexity index is 454. The minimum atomic E-state index is 0.0940. The van der Waals surface area contributed by atoms with Gasteiger partial charge in [-0.25, -0.2) is 0 Å². The van der Waals surface area contributed by atoms with Crippen LogP contribution in [0.15, 0.2) is 24.3 Å². The van der Waals surface area contributed by atoms with Gasteiger partial charge < -0.3 is 5.32 Å². The zero-order chi connectivity index (χ0) is 12.5. The van der Waals surface area contributed by atoms with Gasteiger partial charge in [0.2, 0.25) is 0 Å². The van der Waals surface area contributed by atoms with Crippen LogP contribution in [0.3, 0.4) is 0 Å². The highest BCUT2D eigenvalue weighted by Gasteiger charge is 2.34. The molecule has 3 atom stereocenters. The van der Waals surface area contributed by atoms with Gasteiger partial charge in [-0.1, -0.05) is 38.0 Å². The number of fused-ring (bicyclic) bond motifs is 1. The number of rotatable bonds is 2. The smallest absolute Gasteiger partial charge is 0.145 e. The first-order valence-corrected chi connectivity index (χ1v) is 7.12. The summed E-state index contributed by atoms with van der Waals surface area (Å²) in [6.07, 6.45) is 4.71. The minimum absolute atomic E-state index is 0.0940. The van der Waals surface area contributed by atoms with Crippen molar-refractivity contribution in [2.45, 2.75) is 38.5 Å². The summed E-state index contributed by atoms with van der Waals surface area (Å²) in [7, 11) is 0. The second-order valence-corrected chi connectivity index (χ2v) is 5.89. The molecule has 2 aliphatic rings. The third-order valence-electron chi connectivity index (χ3n) is 4.52. The molecule has 0 spiro atoms. The van der Waals surface area contributed by atoms with Crippen molar-refractivity contribution in [2.24, 2.45) is 11.8 Å². The van der Waals surface area contributed by atoms with Crippen molar-refractivity contribution in [1.29, 1.82) is 0 Å². The van der Waals surface area contributed by atoms with Gasteiger partial charge in [-0.15, -0.1) is 0 Å². The molecule has 2 nitrogen and oxygen atoms in total. The molecule has 1 aliphatic heterocycles. The molecule has 1 aromatic rings. The van der Waals surface area contributed by atoms with Crippen molar-refractivity contribution in [3.8, 4) is 0 Å². The van der Waals surface area contributed by atoms with Crippen LogP contribution in [0.1, 0.15) is 44.1 Å². The molecule has 0 radical (unpaired) electrons. The molecule has 0 amide bonds. The van der Waals surface area contributed by atoms with Crippen LogP contribution in [-0.2, 0) is 4.79 Å². The Labute approximate surface area is 109 Å². The molecular weight excluding hydrogens is 222 g/mol. The molecule has 1 saturated carbocycles. The normalized spacial score (nSPS) is 30.6. The van der Waals surface area contributed by atoms with Crippen LogP contribution in [0.5, 0.6) is 0 Å². The molecule has 96 valence electrons. The van der Waals surface area contributed by atoms with E-state index in [1.807, 2.05) is 12.1 Å². The lowest BCUT2D eigenvalue weighted by Gasteiger charge is -2.27. The highest BCUT2D eigenvalue weighted by Crippen LogP contribution is 2.37. The standard InChI is InChI=1S/C16H21NO/c1-11-5-4-6-12(9-11)16(18)14-10-17-15-8-3-2-7-13(14)15/h2-3,7-8,11-12,14,17H,4-6,9-10H2,1H3. The van der Waals surface area contributed by atoms with Crippen molar-refractivity contribution in [3.05, 3.63) is 29.8 Å². The van der Waals surface area contributed by atoms with Crippen molar-refractivity contribution >= 4 is 11.5 Å². The Hall–Kier alpha value is -1.31. The van der Waals surface area contributed by atoms with Gasteiger partial charge in [-0.05, 0) is 30.4 Å². The van der Waals surface area contributed by atoms with Gasteiger partial charge in [0.15, 0.2) is 0 Å². The van der Waals surface area contributed by atoms with E-state index in [1.54, 1.807) is 0 Å². The van der Waals surface area contributed by atoms with Gasteiger partial charge in [-0.2, -0.15) is 0 Å². The van der Waals surface area contributed by atoms with E-state index in [0.717, 1.165) is 31.0 Å². The van der Waals surface area contributed by atoms with Gasteiger partial charge in [0, 0.05) is 18.2 Å². The molecule has 3 rings (SSSR count). The predicted octanol–water partition coefficient (Wildman–Crippen LogP) is 3.59. The van der Waals surface area contributed by atoms with Crippen LogP contribution in [0, 0.1) is 11.8 Å². The molecule has 0 aromatic heterocycles. The van der Waals surface area contributed by atoms with Crippen LogP contribution in [0.25, 0.3) is 0 Å². The Morgan fingerprint density at radius 1 is 1.28 bits per heavy atom. The molecule has 18 heavy (non-hydrogen) atoms. The number of hydrogen-bond donors (Lipinski definition) is 1. The summed E-state index contributed by atoms with van der Waals surface area (Å²) >= 11 is 0. The summed E-state index contributed by atoms with van der Waals surface area (Å²) in [5.41, 5.74) is 2.36. The minimum Gasteiger partial charge on any atom is -0.384 e. The summed E-state index contributed by atoms with van der Waals surface area (Å²) < 4.78 is 0. The first-order chi connectivity index (χ1) is 8.75. The zero-order valence-corrected chi connectivity index (χ0v) is 11.0. The van der Waals surface area contributed by atoms with E-state index in [0.29, 0.717) is 11.7 Å². The Balaban J connectivity index is 1.78. The summed E-state index contributed by atoms with van der Waals surface area (Å²) in [6, 6.07) is 8.24. The average Bonchev–Trinajstić information content (AvgIpc) is 2.82. The lowest BCUT2D eigenvalue weighted by Crippen LogP contribution is -2.27. The van der Waals surface area contributed by atoms with Crippen LogP contribution in [-0.4, -0.2) is 12.3 Å². The Morgan fingerprint density at radius 2 is 2.11 bits per heavy atom. The SMILES string of the molecule is CC1CCCC(C(=O)C2CNc3ccccc32)C1. The molecule has 2 heteroatoms. The molecule has 1 fully saturated rings. The van der Waals surface area contributed by atoms with Crippen molar-refractivity contribution in [1.82, 2.24) is 0 Å². The molecule has 1 aromatic carbocycles. The van der Waals surface area contributed by atoms with Crippen molar-refractivity contribution < 1.29 is 4.79 Å². The lowest BCUT2D eigenvalue weighted by atomic mass is 9.76. The number of ketones is 1. The number of carbonyl (C=O) groups excluding carboxylic acids is 1. The summed E-state index contributed by atoms with van der Waals surface area (Å²) in [4.78, 5) is 12.7. The van der Waals surface area contributed by atoms with Gasteiger partial charge in [0.25, 0.3) is 0 Å². The molecule has 1 aliphatic carbocycles. The third kappa shape index (κ3) is 2.05. The molecular formula is C16H21NO. The Morgan fingerprint density at radius 3 is 2.94 bits per heavy atom. The third-order valence-corrected chi connectivity index (χ3v) is 4.52. The first kappa shape index (κ1) is 11.8. The fourth-order valence-corrected chi connectivity index (χ4v) is 3.51. The maximum Gasteiger partial charge on any atom is 0.145 e. The number of benzene rings is 1. The van der Waals surface area contributed by atoms with Gasteiger partial charge in [0.1, 0.15) is 5.78 Å². The van der Waals surface area contributed by atoms with E-state index in [9.17, 15) is 4.79 Å². The van der Waals surface area contributed by atoms with E-state index < -0.39 is 0 Å². The highest BCUT2D eigenvalue weighted by atomic mass is 16.1. The number of nitrogens with one attached hydrogen (secondary N) is 1. The Kier molecular flexibility index (Phi) is 3.11. The van der Waals surface area contributed by atoms with Crippen molar-refractivity contribution in [2.75, 3.05) is 11.9 Å². The number of Topliss-reactive ketones (excluding diaryl/α,β-unsaturated/α-hetero) is 1. The maximum atomic E-state index is 12.7. The summed E-state index contributed by atoms with van der Waals surface area (Å²) in [5, 5.41) is 3.36. The monoisotopic (exact) mass is 243 g/mol. The van der Waals surface area contributed by atoms with E-state index in [4.69, 9.17) is 0 Å². The van der Waals surface area contributed by atoms with E-state index in [1.165, 1.54) is 18.4 Å². The predicted molar refractivity (Wildman–Crippen MR) is 73.8 cm³/mol. The van der Waals surface area contributed by atoms with Crippen LogP contribution in [0.4, 0.5) is 5.69 Å². The zero-order valence-electron chi connectivity index (χ0n) is 11.0. The van der Waals surface area contributed by atoms with E-state index >= 15 is 0 Å². The fraction of sp³-hybridized carbons (Fsp3) is 0.562. The number of hydrogen-bond acceptors (Lipinski definition) is 2. The molecule has 0 bridgehead atoms. The topological polar surface area (TPSA) is 29.1 Å². The number of anilines is 1. The molecule has 0 saturated heterocycles. The first-order valence-electron chi connectivity index (χ1n) is 7.12. The van der Waals surface area contributed by atoms with Crippen molar-refractivity contribution in [3.63, 3.8) is 0 Å². The summed E-state index contributed by atoms with van der Waals surface area (Å²) in [5.74, 6) is 1.58. The lowest BCUT2D eigenvalue weighted by molar-refractivity contribution is -0.125. The fourth-order valence-electron chi connectivity index (χ4n) is 3.51. The molecule has 1 N–H and O–H groups in total. The number of para-hydroxylation sites is 1. The highest BCUT2D eigenvalue weighted by molar-refractivity contribution is 5.91. The van der Waals surface area contributed by atoms with E-state index in [-0.39, 0.29) is 5.92 Å². The van der Waals surface area contributed by atoms with Crippen LogP contribution in [0.2, 0.25) is 0 Å². The number of carbonyl (C=O) groups is 1. The average molecular weight is 243 g/mol. The second-order valence-electron chi connectivity index (χ2n) is 5.89. The summed E-state index contributed by atoms with van der Waals surface area (Å²) in [6.45, 7) is 3.07. The quantitative estimate of drug-likeness (QED) is 0.860. The van der Waals surface area contributed by atoms with Crippen LogP contribution < -0.4 is 5.32 Å². The largest absolute Gasteiger partial charge is 0.384 e. The van der Waals surface area contributed by atoms with Crippen LogP contribution >= 0.6 is 0 Å². The van der Waals surface area contributed by atoms with Gasteiger partial charge in [-0.3, -0.25) is 4.79 Å². The van der Waals surface area contributed by atoms with E-state index in [2.05, 4.69) is 24.4 Å². The second kappa shape index (κ2) is 4.75. The van der Waals surface area contributed by atoms with Gasteiger partial charge in [0.05, 0.1) is 5.92 Å². The molecule has 3 unspecified atom stereocenters. The van der Waals surface area contributed by atoms with Gasteiger partial charge >= 0.3 is 0 Å². The molecule has 1 heterocycles.